The lowest BCUT2D eigenvalue weighted by atomic mass is 10.1. The van der Waals surface area contributed by atoms with Crippen LogP contribution in [-0.2, 0) is 4.74 Å². The number of carbonyl (C=O) groups excluding carboxylic acids is 1. The zero-order chi connectivity index (χ0) is 18.4. The summed E-state index contributed by atoms with van der Waals surface area (Å²) in [6, 6.07) is 3.37. The first-order valence-corrected chi connectivity index (χ1v) is 8.35. The lowest BCUT2D eigenvalue weighted by molar-refractivity contribution is 0.0465. The van der Waals surface area contributed by atoms with Crippen LogP contribution in [0.5, 0.6) is 17.2 Å². The van der Waals surface area contributed by atoms with Gasteiger partial charge in [-0.3, -0.25) is 4.79 Å². The number of benzene rings is 1. The summed E-state index contributed by atoms with van der Waals surface area (Å²) < 4.78 is 21.8. The van der Waals surface area contributed by atoms with Gasteiger partial charge in [0.2, 0.25) is 5.75 Å². The van der Waals surface area contributed by atoms with E-state index in [1.54, 1.807) is 17.0 Å². The third kappa shape index (κ3) is 4.76. The third-order valence-electron chi connectivity index (χ3n) is 4.24. The molecule has 1 unspecified atom stereocenters. The van der Waals surface area contributed by atoms with Crippen molar-refractivity contribution in [3.63, 3.8) is 0 Å². The molecular weight excluding hydrogens is 324 g/mol. The highest BCUT2D eigenvalue weighted by atomic mass is 16.5. The molecule has 1 aliphatic heterocycles. The number of rotatable bonds is 8. The minimum atomic E-state index is -0.0574. The molecular formula is C18H28N2O5. The number of carbonyl (C=O) groups is 1. The van der Waals surface area contributed by atoms with Gasteiger partial charge in [0.15, 0.2) is 11.5 Å². The van der Waals surface area contributed by atoms with Gasteiger partial charge in [-0.25, -0.2) is 0 Å². The molecule has 1 heterocycles. The van der Waals surface area contributed by atoms with E-state index in [-0.39, 0.29) is 12.0 Å². The monoisotopic (exact) mass is 352 g/mol. The summed E-state index contributed by atoms with van der Waals surface area (Å²) in [6.45, 7) is 2.83. The van der Waals surface area contributed by atoms with E-state index in [0.29, 0.717) is 42.5 Å². The van der Waals surface area contributed by atoms with Crippen molar-refractivity contribution in [1.29, 1.82) is 0 Å². The first-order chi connectivity index (χ1) is 12.0. The van der Waals surface area contributed by atoms with Crippen molar-refractivity contribution in [2.24, 2.45) is 0 Å². The first-order valence-electron chi connectivity index (χ1n) is 8.35. The lowest BCUT2D eigenvalue weighted by Crippen LogP contribution is -2.31. The van der Waals surface area contributed by atoms with Gasteiger partial charge in [0.05, 0.1) is 34.0 Å². The number of amides is 1. The van der Waals surface area contributed by atoms with Crippen LogP contribution < -0.4 is 14.2 Å². The fraction of sp³-hybridized carbons (Fsp3) is 0.611. The standard InChI is InChI=1S/C18H28N2O5/c1-19(2)8-9-25-14-6-7-20(12-14)18(21)13-10-15(22-3)17(24-5)16(11-13)23-4/h10-11,14H,6-9,12H2,1-5H3. The fourth-order valence-electron chi connectivity index (χ4n) is 2.84. The van der Waals surface area contributed by atoms with Crippen LogP contribution in [-0.4, -0.2) is 83.5 Å². The summed E-state index contributed by atoms with van der Waals surface area (Å²) in [6.07, 6.45) is 0.940. The number of nitrogens with zero attached hydrogens (tertiary/aromatic N) is 2. The molecule has 25 heavy (non-hydrogen) atoms. The Hall–Kier alpha value is -1.99. The van der Waals surface area contributed by atoms with Gasteiger partial charge in [0.1, 0.15) is 0 Å². The molecule has 0 spiro atoms. The van der Waals surface area contributed by atoms with Crippen molar-refractivity contribution in [3.05, 3.63) is 17.7 Å². The molecule has 1 atom stereocenters. The Balaban J connectivity index is 2.06. The summed E-state index contributed by atoms with van der Waals surface area (Å²) in [5.74, 6) is 1.37. The van der Waals surface area contributed by atoms with Gasteiger partial charge >= 0.3 is 0 Å². The van der Waals surface area contributed by atoms with E-state index in [4.69, 9.17) is 18.9 Å². The molecule has 2 rings (SSSR count). The van der Waals surface area contributed by atoms with Crippen LogP contribution in [0.1, 0.15) is 16.8 Å². The second kappa shape index (κ2) is 8.92. The summed E-state index contributed by atoms with van der Waals surface area (Å²) in [7, 11) is 8.64. The molecule has 1 aliphatic rings. The van der Waals surface area contributed by atoms with Gasteiger partial charge in [0.25, 0.3) is 5.91 Å². The highest BCUT2D eigenvalue weighted by Crippen LogP contribution is 2.38. The summed E-state index contributed by atoms with van der Waals surface area (Å²) >= 11 is 0. The number of hydrogen-bond acceptors (Lipinski definition) is 6. The molecule has 0 N–H and O–H groups in total. The van der Waals surface area contributed by atoms with E-state index in [1.807, 2.05) is 14.1 Å². The Kier molecular flexibility index (Phi) is 6.90. The molecule has 0 aromatic heterocycles. The average Bonchev–Trinajstić information content (AvgIpc) is 3.08. The number of likely N-dealkylation sites (tertiary alicyclic amines) is 1. The lowest BCUT2D eigenvalue weighted by Gasteiger charge is -2.19. The molecule has 0 saturated carbocycles. The smallest absolute Gasteiger partial charge is 0.254 e. The Morgan fingerprint density at radius 1 is 1.16 bits per heavy atom. The summed E-state index contributed by atoms with van der Waals surface area (Å²) in [5.41, 5.74) is 0.517. The zero-order valence-electron chi connectivity index (χ0n) is 15.7. The molecule has 0 aliphatic carbocycles. The van der Waals surface area contributed by atoms with Crippen molar-refractivity contribution in [2.75, 3.05) is 61.7 Å². The molecule has 7 heteroatoms. The molecule has 0 bridgehead atoms. The van der Waals surface area contributed by atoms with Crippen molar-refractivity contribution in [2.45, 2.75) is 12.5 Å². The van der Waals surface area contributed by atoms with E-state index < -0.39 is 0 Å². The maximum absolute atomic E-state index is 12.8. The van der Waals surface area contributed by atoms with Gasteiger partial charge < -0.3 is 28.7 Å². The molecule has 1 aromatic carbocycles. The van der Waals surface area contributed by atoms with Crippen LogP contribution >= 0.6 is 0 Å². The summed E-state index contributed by atoms with van der Waals surface area (Å²) in [4.78, 5) is 16.7. The maximum Gasteiger partial charge on any atom is 0.254 e. The molecule has 0 radical (unpaired) electrons. The Morgan fingerprint density at radius 3 is 2.32 bits per heavy atom. The van der Waals surface area contributed by atoms with Crippen LogP contribution in [0.15, 0.2) is 12.1 Å². The van der Waals surface area contributed by atoms with Gasteiger partial charge in [0, 0.05) is 25.2 Å². The fourth-order valence-corrected chi connectivity index (χ4v) is 2.84. The molecule has 1 saturated heterocycles. The van der Waals surface area contributed by atoms with E-state index in [9.17, 15) is 4.79 Å². The zero-order valence-corrected chi connectivity index (χ0v) is 15.7. The Morgan fingerprint density at radius 2 is 1.80 bits per heavy atom. The van der Waals surface area contributed by atoms with Crippen molar-refractivity contribution in [1.82, 2.24) is 9.80 Å². The summed E-state index contributed by atoms with van der Waals surface area (Å²) in [5, 5.41) is 0. The molecule has 7 nitrogen and oxygen atoms in total. The van der Waals surface area contributed by atoms with Gasteiger partial charge in [-0.2, -0.15) is 0 Å². The largest absolute Gasteiger partial charge is 0.493 e. The van der Waals surface area contributed by atoms with Gasteiger partial charge in [-0.15, -0.1) is 0 Å². The van der Waals surface area contributed by atoms with Gasteiger partial charge in [-0.1, -0.05) is 0 Å². The first kappa shape index (κ1) is 19.3. The third-order valence-corrected chi connectivity index (χ3v) is 4.24. The Bertz CT molecular complexity index is 566. The van der Waals surface area contributed by atoms with Crippen LogP contribution in [0.4, 0.5) is 0 Å². The van der Waals surface area contributed by atoms with E-state index >= 15 is 0 Å². The van der Waals surface area contributed by atoms with Crippen LogP contribution in [0.25, 0.3) is 0 Å². The predicted molar refractivity (Wildman–Crippen MR) is 94.9 cm³/mol. The van der Waals surface area contributed by atoms with E-state index in [0.717, 1.165) is 13.0 Å². The second-order valence-electron chi connectivity index (χ2n) is 6.25. The highest BCUT2D eigenvalue weighted by Gasteiger charge is 2.28. The molecule has 1 amide bonds. The SMILES string of the molecule is COc1cc(C(=O)N2CCC(OCCN(C)C)C2)cc(OC)c1OC. The molecule has 1 aromatic rings. The van der Waals surface area contributed by atoms with Crippen molar-refractivity contribution >= 4 is 5.91 Å². The second-order valence-corrected chi connectivity index (χ2v) is 6.25. The van der Waals surface area contributed by atoms with E-state index in [2.05, 4.69) is 4.90 Å². The van der Waals surface area contributed by atoms with Crippen LogP contribution in [0.3, 0.4) is 0 Å². The average molecular weight is 352 g/mol. The molecule has 140 valence electrons. The minimum absolute atomic E-state index is 0.0574. The quantitative estimate of drug-likeness (QED) is 0.707. The predicted octanol–water partition coefficient (Wildman–Crippen LogP) is 1.51. The number of ether oxygens (including phenoxy) is 4. The number of likely N-dealkylation sites (N-methyl/N-ethyl adjacent to an activating group) is 1. The molecule has 1 fully saturated rings. The van der Waals surface area contributed by atoms with Crippen molar-refractivity contribution in [3.8, 4) is 17.2 Å². The van der Waals surface area contributed by atoms with E-state index in [1.165, 1.54) is 21.3 Å². The minimum Gasteiger partial charge on any atom is -0.493 e. The van der Waals surface area contributed by atoms with Crippen LogP contribution in [0, 0.1) is 0 Å². The van der Waals surface area contributed by atoms with Crippen LogP contribution in [0.2, 0.25) is 0 Å². The topological polar surface area (TPSA) is 60.5 Å². The number of hydrogen-bond donors (Lipinski definition) is 0. The number of methoxy groups -OCH3 is 3. The highest BCUT2D eigenvalue weighted by molar-refractivity contribution is 5.95. The van der Waals surface area contributed by atoms with Gasteiger partial charge in [-0.05, 0) is 32.6 Å². The Labute approximate surface area is 149 Å². The normalized spacial score (nSPS) is 17.0. The maximum atomic E-state index is 12.8. The van der Waals surface area contributed by atoms with Crippen molar-refractivity contribution < 1.29 is 23.7 Å².